The highest BCUT2D eigenvalue weighted by molar-refractivity contribution is 7.95. The molecule has 0 aliphatic heterocycles. The Kier molecular flexibility index (Phi) is 6.07. The van der Waals surface area contributed by atoms with Gasteiger partial charge >= 0.3 is 5.97 Å². The molecule has 0 saturated heterocycles. The molecule has 0 amide bonds. The van der Waals surface area contributed by atoms with Gasteiger partial charge in [-0.3, -0.25) is 4.79 Å². The number of rotatable bonds is 7. The van der Waals surface area contributed by atoms with Crippen molar-refractivity contribution >= 4 is 29.1 Å². The van der Waals surface area contributed by atoms with Crippen LogP contribution >= 0.6 is 7.26 Å². The molecule has 0 radical (unpaired) electrons. The van der Waals surface area contributed by atoms with Crippen molar-refractivity contribution in [2.75, 3.05) is 0 Å². The summed E-state index contributed by atoms with van der Waals surface area (Å²) in [7, 11) is -1.98. The first kappa shape index (κ1) is 20.1. The van der Waals surface area contributed by atoms with Crippen LogP contribution in [0.1, 0.15) is 11.1 Å². The minimum absolute atomic E-state index is 0.0427. The van der Waals surface area contributed by atoms with Gasteiger partial charge in [0.1, 0.15) is 23.2 Å². The van der Waals surface area contributed by atoms with Crippen LogP contribution < -0.4 is 15.9 Å². The summed E-state index contributed by atoms with van der Waals surface area (Å²) in [5.74, 6) is -0.806. The number of aliphatic carboxylic acids is 1. The minimum Gasteiger partial charge on any atom is -0.481 e. The van der Waals surface area contributed by atoms with Crippen LogP contribution in [0.4, 0.5) is 0 Å². The fourth-order valence-corrected chi connectivity index (χ4v) is 8.21. The van der Waals surface area contributed by atoms with Gasteiger partial charge in [0.15, 0.2) is 0 Å². The number of carboxylic acids is 1. The molecule has 148 valence electrons. The maximum absolute atomic E-state index is 11.1. The lowest BCUT2D eigenvalue weighted by atomic mass is 10.2. The molecular formula is C27H24O2P+. The third-order valence-corrected chi connectivity index (χ3v) is 9.77. The van der Waals surface area contributed by atoms with Gasteiger partial charge in [0.05, 0.1) is 12.6 Å². The zero-order valence-corrected chi connectivity index (χ0v) is 17.6. The maximum atomic E-state index is 11.1. The second-order valence-corrected chi connectivity index (χ2v) is 10.8. The Balaban J connectivity index is 1.93. The lowest BCUT2D eigenvalue weighted by Gasteiger charge is -2.28. The fourth-order valence-electron chi connectivity index (χ4n) is 3.99. The SMILES string of the molecule is O=C(O)Cc1ccc([P+](Cc2ccccc2)(c2ccccc2)c2ccccc2)cc1. The number of benzene rings is 4. The summed E-state index contributed by atoms with van der Waals surface area (Å²) in [6, 6.07) is 40.3. The van der Waals surface area contributed by atoms with E-state index in [2.05, 4.69) is 103 Å². The average Bonchev–Trinajstić information content (AvgIpc) is 2.80. The van der Waals surface area contributed by atoms with Crippen molar-refractivity contribution in [3.63, 3.8) is 0 Å². The van der Waals surface area contributed by atoms with E-state index in [1.54, 1.807) is 0 Å². The lowest BCUT2D eigenvalue weighted by Crippen LogP contribution is -2.32. The van der Waals surface area contributed by atoms with Crippen molar-refractivity contribution < 1.29 is 9.90 Å². The first-order valence-electron chi connectivity index (χ1n) is 10.0. The average molecular weight is 411 g/mol. The molecule has 0 aromatic heterocycles. The van der Waals surface area contributed by atoms with Crippen molar-refractivity contribution in [2.24, 2.45) is 0 Å². The van der Waals surface area contributed by atoms with Gasteiger partial charge in [-0.2, -0.15) is 0 Å². The zero-order valence-electron chi connectivity index (χ0n) is 16.7. The van der Waals surface area contributed by atoms with E-state index in [4.69, 9.17) is 5.11 Å². The molecule has 4 rings (SSSR count). The van der Waals surface area contributed by atoms with Crippen molar-refractivity contribution in [3.8, 4) is 0 Å². The Labute approximate surface area is 178 Å². The Hall–Kier alpha value is -3.22. The number of hydrogen-bond acceptors (Lipinski definition) is 1. The molecule has 3 heteroatoms. The molecule has 4 aromatic rings. The molecule has 0 spiro atoms. The summed E-state index contributed by atoms with van der Waals surface area (Å²) in [6.45, 7) is 0. The highest BCUT2D eigenvalue weighted by Gasteiger charge is 2.45. The fraction of sp³-hybridized carbons (Fsp3) is 0.0741. The molecule has 0 aliphatic carbocycles. The topological polar surface area (TPSA) is 37.3 Å². The molecule has 0 fully saturated rings. The Morgan fingerprint density at radius 3 is 1.47 bits per heavy atom. The van der Waals surface area contributed by atoms with Crippen LogP contribution in [0.5, 0.6) is 0 Å². The van der Waals surface area contributed by atoms with Crippen molar-refractivity contribution in [2.45, 2.75) is 12.6 Å². The second kappa shape index (κ2) is 9.07. The number of carboxylic acid groups (broad SMARTS) is 1. The van der Waals surface area contributed by atoms with Crippen molar-refractivity contribution in [1.82, 2.24) is 0 Å². The second-order valence-electron chi connectivity index (χ2n) is 7.36. The van der Waals surface area contributed by atoms with Gasteiger partial charge in [0.25, 0.3) is 0 Å². The Morgan fingerprint density at radius 1 is 0.567 bits per heavy atom. The molecular weight excluding hydrogens is 387 g/mol. The molecule has 0 heterocycles. The van der Waals surface area contributed by atoms with Gasteiger partial charge in [0, 0.05) is 0 Å². The molecule has 30 heavy (non-hydrogen) atoms. The predicted molar refractivity (Wildman–Crippen MR) is 127 cm³/mol. The summed E-state index contributed by atoms with van der Waals surface area (Å²) < 4.78 is 0. The number of carbonyl (C=O) groups is 1. The molecule has 2 nitrogen and oxygen atoms in total. The van der Waals surface area contributed by atoms with Crippen LogP contribution in [0, 0.1) is 0 Å². The third kappa shape index (κ3) is 4.20. The molecule has 0 bridgehead atoms. The summed E-state index contributed by atoms with van der Waals surface area (Å²) in [5, 5.41) is 13.1. The molecule has 1 N–H and O–H groups in total. The van der Waals surface area contributed by atoms with Crippen molar-refractivity contribution in [3.05, 3.63) is 126 Å². The van der Waals surface area contributed by atoms with Crippen LogP contribution in [0.15, 0.2) is 115 Å². The third-order valence-electron chi connectivity index (χ3n) is 5.39. The van der Waals surface area contributed by atoms with Gasteiger partial charge in [-0.25, -0.2) is 0 Å². The Bertz CT molecular complexity index is 1050. The monoisotopic (exact) mass is 411 g/mol. The van der Waals surface area contributed by atoms with E-state index >= 15 is 0 Å². The summed E-state index contributed by atoms with van der Waals surface area (Å²) in [5.41, 5.74) is 2.12. The lowest BCUT2D eigenvalue weighted by molar-refractivity contribution is -0.136. The normalized spacial score (nSPS) is 11.2. The van der Waals surface area contributed by atoms with Crippen molar-refractivity contribution in [1.29, 1.82) is 0 Å². The predicted octanol–water partition coefficient (Wildman–Crippen LogP) is 4.81. The van der Waals surface area contributed by atoms with E-state index in [9.17, 15) is 4.79 Å². The van der Waals surface area contributed by atoms with E-state index in [-0.39, 0.29) is 6.42 Å². The van der Waals surface area contributed by atoms with Gasteiger partial charge in [-0.15, -0.1) is 0 Å². The van der Waals surface area contributed by atoms with E-state index in [1.165, 1.54) is 21.5 Å². The highest BCUT2D eigenvalue weighted by atomic mass is 31.2. The molecule has 0 unspecified atom stereocenters. The molecule has 0 aliphatic rings. The zero-order chi connectivity index (χ0) is 20.8. The molecule has 4 aromatic carbocycles. The Morgan fingerprint density at radius 2 is 1.00 bits per heavy atom. The van der Waals surface area contributed by atoms with Crippen LogP contribution in [-0.4, -0.2) is 11.1 Å². The van der Waals surface area contributed by atoms with Crippen LogP contribution in [-0.2, 0) is 17.4 Å². The van der Waals surface area contributed by atoms with Gasteiger partial charge < -0.3 is 5.11 Å². The van der Waals surface area contributed by atoms with E-state index in [1.807, 2.05) is 12.1 Å². The van der Waals surface area contributed by atoms with Crippen LogP contribution in [0.2, 0.25) is 0 Å². The highest BCUT2D eigenvalue weighted by Crippen LogP contribution is 2.58. The quantitative estimate of drug-likeness (QED) is 0.443. The van der Waals surface area contributed by atoms with Crippen LogP contribution in [0.3, 0.4) is 0 Å². The summed E-state index contributed by atoms with van der Waals surface area (Å²) >= 11 is 0. The first-order valence-corrected chi connectivity index (χ1v) is 12.0. The standard InChI is InChI=1S/C27H23O2P/c28-27(29)20-22-16-18-26(19-17-22)30(24-12-6-2-7-13-24,25-14-8-3-9-15-25)21-23-10-4-1-5-11-23/h1-19H,20-21H2/p+1. The summed E-state index contributed by atoms with van der Waals surface area (Å²) in [6.07, 6.45) is 0.960. The van der Waals surface area contributed by atoms with E-state index in [0.717, 1.165) is 11.7 Å². The molecule has 0 atom stereocenters. The first-order chi connectivity index (χ1) is 14.7. The number of hydrogen-bond donors (Lipinski definition) is 1. The molecule has 0 saturated carbocycles. The smallest absolute Gasteiger partial charge is 0.307 e. The van der Waals surface area contributed by atoms with Gasteiger partial charge in [0.2, 0.25) is 0 Å². The largest absolute Gasteiger partial charge is 0.481 e. The van der Waals surface area contributed by atoms with E-state index in [0.29, 0.717) is 0 Å². The maximum Gasteiger partial charge on any atom is 0.307 e. The van der Waals surface area contributed by atoms with Crippen LogP contribution in [0.25, 0.3) is 0 Å². The minimum atomic E-state index is -1.98. The summed E-state index contributed by atoms with van der Waals surface area (Å²) in [4.78, 5) is 11.1. The van der Waals surface area contributed by atoms with E-state index < -0.39 is 13.2 Å². The van der Waals surface area contributed by atoms with Gasteiger partial charge in [-0.1, -0.05) is 78.9 Å². The van der Waals surface area contributed by atoms with Gasteiger partial charge in [-0.05, 0) is 47.5 Å².